The molecule has 4 rings (SSSR count). The lowest BCUT2D eigenvalue weighted by Gasteiger charge is -2.27. The third-order valence-corrected chi connectivity index (χ3v) is 4.48. The van der Waals surface area contributed by atoms with Gasteiger partial charge in [-0.25, -0.2) is 0 Å². The molecule has 3 heteroatoms. The van der Waals surface area contributed by atoms with Crippen LogP contribution in [0, 0.1) is 0 Å². The van der Waals surface area contributed by atoms with Crippen LogP contribution in [0.15, 0.2) is 47.6 Å². The Labute approximate surface area is 111 Å². The summed E-state index contributed by atoms with van der Waals surface area (Å²) in [6.45, 7) is 8.07. The molecule has 3 nitrogen and oxygen atoms in total. The van der Waals surface area contributed by atoms with Gasteiger partial charge in [-0.15, -0.1) is 0 Å². The lowest BCUT2D eigenvalue weighted by molar-refractivity contribution is 0.129. The number of ether oxygens (including phenoxy) is 1. The molecule has 0 radical (unpaired) electrons. The van der Waals surface area contributed by atoms with Crippen LogP contribution < -0.4 is 0 Å². The van der Waals surface area contributed by atoms with Crippen molar-refractivity contribution < 1.29 is 14.9 Å². The standard InChI is InChI=1S/C16H14O3/c1-7-8(2)16-12-6-10-9(5-11(12)15(7)19-16)13(17)3-4-14(10)18/h3-4,15-18H,1-2,5-6H2. The normalized spacial score (nSPS) is 27.8. The van der Waals surface area contributed by atoms with E-state index < -0.39 is 0 Å². The Balaban J connectivity index is 1.87. The minimum absolute atomic E-state index is 0.0811. The number of hydrogen-bond acceptors (Lipinski definition) is 3. The fourth-order valence-electron chi connectivity index (χ4n) is 3.41. The van der Waals surface area contributed by atoms with Crippen molar-refractivity contribution in [3.05, 3.63) is 58.7 Å². The Morgan fingerprint density at radius 1 is 0.895 bits per heavy atom. The molecule has 1 aromatic carbocycles. The molecule has 96 valence electrons. The van der Waals surface area contributed by atoms with Gasteiger partial charge in [0, 0.05) is 24.0 Å². The predicted molar refractivity (Wildman–Crippen MR) is 71.1 cm³/mol. The van der Waals surface area contributed by atoms with Crippen LogP contribution in [0.25, 0.3) is 0 Å². The second-order valence-electron chi connectivity index (χ2n) is 5.41. The summed E-state index contributed by atoms with van der Waals surface area (Å²) in [7, 11) is 0. The Bertz CT molecular complexity index is 624. The lowest BCUT2D eigenvalue weighted by Crippen LogP contribution is -2.21. The van der Waals surface area contributed by atoms with Crippen LogP contribution in [0.1, 0.15) is 11.1 Å². The van der Waals surface area contributed by atoms with Crippen LogP contribution >= 0.6 is 0 Å². The molecule has 2 heterocycles. The fraction of sp³-hybridized carbons (Fsp3) is 0.250. The van der Waals surface area contributed by atoms with Crippen molar-refractivity contribution in [1.82, 2.24) is 0 Å². The zero-order valence-corrected chi connectivity index (χ0v) is 10.4. The highest BCUT2D eigenvalue weighted by atomic mass is 16.5. The SMILES string of the molecule is C=C1C(=C)C2OC1C1=C2Cc2c(O)ccc(O)c2C1. The minimum atomic E-state index is -0.0811. The van der Waals surface area contributed by atoms with Crippen LogP contribution in [0.2, 0.25) is 0 Å². The van der Waals surface area contributed by atoms with Gasteiger partial charge < -0.3 is 14.9 Å². The van der Waals surface area contributed by atoms with E-state index in [-0.39, 0.29) is 23.7 Å². The lowest BCUT2D eigenvalue weighted by atomic mass is 9.76. The summed E-state index contributed by atoms with van der Waals surface area (Å²) >= 11 is 0. The Kier molecular flexibility index (Phi) is 1.89. The van der Waals surface area contributed by atoms with Crippen molar-refractivity contribution in [3.63, 3.8) is 0 Å². The monoisotopic (exact) mass is 254 g/mol. The molecule has 0 aromatic heterocycles. The van der Waals surface area contributed by atoms with Crippen LogP contribution in [0.3, 0.4) is 0 Å². The van der Waals surface area contributed by atoms with Crippen molar-refractivity contribution in [2.24, 2.45) is 0 Å². The topological polar surface area (TPSA) is 49.7 Å². The molecule has 2 bridgehead atoms. The van der Waals surface area contributed by atoms with Crippen molar-refractivity contribution >= 4 is 0 Å². The van der Waals surface area contributed by atoms with Gasteiger partial charge >= 0.3 is 0 Å². The summed E-state index contributed by atoms with van der Waals surface area (Å²) in [5, 5.41) is 19.9. The van der Waals surface area contributed by atoms with E-state index in [4.69, 9.17) is 4.74 Å². The summed E-state index contributed by atoms with van der Waals surface area (Å²) in [6, 6.07) is 3.09. The average Bonchev–Trinajstić information content (AvgIpc) is 2.91. The predicted octanol–water partition coefficient (Wildman–Crippen LogP) is 2.39. The van der Waals surface area contributed by atoms with E-state index in [0.717, 1.165) is 22.3 Å². The maximum absolute atomic E-state index is 9.97. The van der Waals surface area contributed by atoms with E-state index in [0.29, 0.717) is 12.8 Å². The number of phenols is 2. The van der Waals surface area contributed by atoms with Crippen LogP contribution in [0.4, 0.5) is 0 Å². The molecule has 2 N–H and O–H groups in total. The second-order valence-corrected chi connectivity index (χ2v) is 5.41. The van der Waals surface area contributed by atoms with Gasteiger partial charge in [0.2, 0.25) is 0 Å². The molecule has 0 spiro atoms. The molecule has 0 saturated carbocycles. The van der Waals surface area contributed by atoms with E-state index in [2.05, 4.69) is 13.2 Å². The summed E-state index contributed by atoms with van der Waals surface area (Å²) in [5.74, 6) is 0.484. The van der Waals surface area contributed by atoms with Gasteiger partial charge in [0.1, 0.15) is 23.7 Å². The summed E-state index contributed by atoms with van der Waals surface area (Å²) in [5.41, 5.74) is 5.91. The summed E-state index contributed by atoms with van der Waals surface area (Å²) in [4.78, 5) is 0. The molecule has 2 atom stereocenters. The molecule has 1 aromatic rings. The van der Waals surface area contributed by atoms with Gasteiger partial charge in [0.05, 0.1) is 0 Å². The van der Waals surface area contributed by atoms with Gasteiger partial charge in [0.15, 0.2) is 0 Å². The number of benzene rings is 1. The summed E-state index contributed by atoms with van der Waals surface area (Å²) < 4.78 is 5.92. The number of aromatic hydroxyl groups is 2. The Morgan fingerprint density at radius 3 is 1.74 bits per heavy atom. The smallest absolute Gasteiger partial charge is 0.119 e. The van der Waals surface area contributed by atoms with Crippen LogP contribution in [-0.4, -0.2) is 22.4 Å². The van der Waals surface area contributed by atoms with Crippen molar-refractivity contribution in [3.8, 4) is 11.5 Å². The molecular formula is C16H14O3. The Hall–Kier alpha value is -2.00. The molecule has 1 aliphatic carbocycles. The van der Waals surface area contributed by atoms with Crippen molar-refractivity contribution in [2.75, 3.05) is 0 Å². The molecule has 1 saturated heterocycles. The second kappa shape index (κ2) is 3.31. The molecule has 0 amide bonds. The van der Waals surface area contributed by atoms with Crippen LogP contribution in [0.5, 0.6) is 11.5 Å². The quantitative estimate of drug-likeness (QED) is 0.552. The molecule has 2 aliphatic heterocycles. The highest BCUT2D eigenvalue weighted by molar-refractivity contribution is 5.62. The summed E-state index contributed by atoms with van der Waals surface area (Å²) in [6.07, 6.45) is 1.08. The largest absolute Gasteiger partial charge is 0.508 e. The third-order valence-electron chi connectivity index (χ3n) is 4.48. The number of phenolic OH excluding ortho intramolecular Hbond substituents is 2. The third kappa shape index (κ3) is 1.21. The first-order chi connectivity index (χ1) is 9.08. The van der Waals surface area contributed by atoms with Crippen molar-refractivity contribution in [2.45, 2.75) is 25.0 Å². The van der Waals surface area contributed by atoms with Gasteiger partial charge in [-0.2, -0.15) is 0 Å². The first kappa shape index (κ1) is 10.9. The highest BCUT2D eigenvalue weighted by Crippen LogP contribution is 2.51. The molecule has 1 fully saturated rings. The first-order valence-corrected chi connectivity index (χ1v) is 6.36. The van der Waals surface area contributed by atoms with Crippen LogP contribution in [-0.2, 0) is 17.6 Å². The van der Waals surface area contributed by atoms with Gasteiger partial charge in [-0.1, -0.05) is 13.2 Å². The highest BCUT2D eigenvalue weighted by Gasteiger charge is 2.47. The molecule has 2 unspecified atom stereocenters. The van der Waals surface area contributed by atoms with Gasteiger partial charge in [-0.05, 0) is 34.4 Å². The van der Waals surface area contributed by atoms with E-state index >= 15 is 0 Å². The maximum atomic E-state index is 9.97. The number of rotatable bonds is 0. The zero-order valence-electron chi connectivity index (χ0n) is 10.4. The van der Waals surface area contributed by atoms with E-state index in [1.807, 2.05) is 0 Å². The first-order valence-electron chi connectivity index (χ1n) is 6.36. The number of fused-ring (bicyclic) bond motifs is 5. The zero-order chi connectivity index (χ0) is 13.3. The Morgan fingerprint density at radius 2 is 1.32 bits per heavy atom. The van der Waals surface area contributed by atoms with Gasteiger partial charge in [-0.3, -0.25) is 0 Å². The van der Waals surface area contributed by atoms with Crippen molar-refractivity contribution in [1.29, 1.82) is 0 Å². The molecular weight excluding hydrogens is 240 g/mol. The maximum Gasteiger partial charge on any atom is 0.119 e. The molecule has 19 heavy (non-hydrogen) atoms. The fourth-order valence-corrected chi connectivity index (χ4v) is 3.41. The van der Waals surface area contributed by atoms with E-state index in [9.17, 15) is 10.2 Å². The van der Waals surface area contributed by atoms with E-state index in [1.54, 1.807) is 12.1 Å². The average molecular weight is 254 g/mol. The number of hydrogen-bond donors (Lipinski definition) is 2. The van der Waals surface area contributed by atoms with E-state index in [1.165, 1.54) is 11.1 Å². The van der Waals surface area contributed by atoms with Gasteiger partial charge in [0.25, 0.3) is 0 Å². The molecule has 3 aliphatic rings. The minimum Gasteiger partial charge on any atom is -0.508 e.